The van der Waals surface area contributed by atoms with E-state index in [0.717, 1.165) is 0 Å². The average molecular weight is 463 g/mol. The molecule has 1 aliphatic carbocycles. The molecule has 0 amide bonds. The Morgan fingerprint density at radius 2 is 1.30 bits per heavy atom. The molecule has 27 heavy (non-hydrogen) atoms. The molecule has 2 rings (SSSR count). The van der Waals surface area contributed by atoms with E-state index in [-0.39, 0.29) is 19.3 Å². The van der Waals surface area contributed by atoms with Gasteiger partial charge in [0.25, 0.3) is 0 Å². The molecule has 0 spiro atoms. The van der Waals surface area contributed by atoms with Gasteiger partial charge in [-0.15, -0.1) is 0 Å². The Balaban J connectivity index is 2.23. The molecule has 0 heterocycles. The normalized spacial score (nSPS) is 23.6. The zero-order chi connectivity index (χ0) is 20.2. The summed E-state index contributed by atoms with van der Waals surface area (Å²) >= 11 is -0.686. The molecule has 1 aliphatic rings. The van der Waals surface area contributed by atoms with Crippen LogP contribution in [0.4, 0.5) is 26.3 Å². The average Bonchev–Trinajstić information content (AvgIpc) is 2.56. The first-order valence-electron chi connectivity index (χ1n) is 7.76. The predicted octanol–water partition coefficient (Wildman–Crippen LogP) is 2.94. The maximum atomic E-state index is 12.5. The van der Waals surface area contributed by atoms with Gasteiger partial charge in [-0.2, -0.15) is 0 Å². The van der Waals surface area contributed by atoms with Gasteiger partial charge in [0.05, 0.1) is 0 Å². The predicted molar refractivity (Wildman–Crippen MR) is 81.3 cm³/mol. The summed E-state index contributed by atoms with van der Waals surface area (Å²) in [6.45, 7) is 0. The summed E-state index contributed by atoms with van der Waals surface area (Å²) in [5.74, 6) is -4.83. The van der Waals surface area contributed by atoms with Crippen LogP contribution in [-0.2, 0) is 19.1 Å². The summed E-state index contributed by atoms with van der Waals surface area (Å²) in [7, 11) is 0. The van der Waals surface area contributed by atoms with Crippen molar-refractivity contribution in [3.05, 3.63) is 30.3 Å². The number of carbonyl (C=O) groups is 2. The molecule has 3 atom stereocenters. The number of hydrogen-bond donors (Lipinski definition) is 0. The van der Waals surface area contributed by atoms with Crippen LogP contribution in [0.2, 0.25) is 4.82 Å². The van der Waals surface area contributed by atoms with Crippen molar-refractivity contribution < 1.29 is 45.4 Å². The Labute approximate surface area is 156 Å². The molecule has 11 heteroatoms. The van der Waals surface area contributed by atoms with Crippen molar-refractivity contribution in [3.63, 3.8) is 0 Å². The Kier molecular flexibility index (Phi) is 6.80. The number of benzene rings is 1. The van der Waals surface area contributed by atoms with Crippen LogP contribution < -0.4 is 4.46 Å². The number of halogens is 6. The van der Waals surface area contributed by atoms with Crippen molar-refractivity contribution in [2.75, 3.05) is 0 Å². The third-order valence-corrected chi connectivity index (χ3v) is 6.69. The van der Waals surface area contributed by atoms with Crippen LogP contribution in [0.5, 0.6) is 0 Å². The fraction of sp³-hybridized carbons (Fsp3) is 0.500. The molecule has 0 aromatic heterocycles. The maximum absolute atomic E-state index is 12.5. The van der Waals surface area contributed by atoms with Gasteiger partial charge >= 0.3 is 156 Å². The molecule has 0 saturated heterocycles. The van der Waals surface area contributed by atoms with E-state index >= 15 is 0 Å². The third-order valence-electron chi connectivity index (χ3n) is 3.71. The molecule has 0 radical (unpaired) electrons. The first kappa shape index (κ1) is 21.6. The van der Waals surface area contributed by atoms with E-state index in [0.29, 0.717) is 4.46 Å². The number of hydrogen-bond acceptors (Lipinski definition) is 4. The van der Waals surface area contributed by atoms with Gasteiger partial charge in [0.15, 0.2) is 0 Å². The summed E-state index contributed by atoms with van der Waals surface area (Å²) in [6, 6.07) is 8.32. The Morgan fingerprint density at radius 1 is 0.852 bits per heavy atom. The second-order valence-corrected chi connectivity index (χ2v) is 8.34. The standard InChI is InChI=1S/C16H14F6O4Se/c17-15(18,19)13(23)25-10-7-4-8-11(26-14(24)16(20,21)22)12(10)27-9-5-2-1-3-6-9/h1-3,5-6,10-12H,4,7-8H2/t10-,11+,12?. The molecule has 1 fully saturated rings. The van der Waals surface area contributed by atoms with Crippen LogP contribution in [-0.4, -0.2) is 51.5 Å². The Hall–Kier alpha value is -1.74. The molecular weight excluding hydrogens is 449 g/mol. The first-order valence-corrected chi connectivity index (χ1v) is 9.60. The monoisotopic (exact) mass is 464 g/mol. The summed E-state index contributed by atoms with van der Waals surface area (Å²) < 4.78 is 84.8. The summed E-state index contributed by atoms with van der Waals surface area (Å²) in [4.78, 5) is 21.4. The summed E-state index contributed by atoms with van der Waals surface area (Å²) in [5.41, 5.74) is 0. The van der Waals surface area contributed by atoms with E-state index in [1.807, 2.05) is 0 Å². The van der Waals surface area contributed by atoms with E-state index in [4.69, 9.17) is 0 Å². The SMILES string of the molecule is O=C(O[C@H]1CCC[C@@H](OC(=O)C(F)(F)F)C1[Se]c1ccccc1)C(F)(F)F. The number of ether oxygens (including phenoxy) is 2. The van der Waals surface area contributed by atoms with E-state index in [2.05, 4.69) is 9.47 Å². The minimum absolute atomic E-state index is 0.0428. The third kappa shape index (κ3) is 6.14. The number of alkyl halides is 6. The minimum atomic E-state index is -5.22. The van der Waals surface area contributed by atoms with E-state index < -0.39 is 56.3 Å². The molecule has 0 N–H and O–H groups in total. The second-order valence-electron chi connectivity index (χ2n) is 5.71. The first-order chi connectivity index (χ1) is 12.5. The number of rotatable bonds is 4. The van der Waals surface area contributed by atoms with E-state index in [1.165, 1.54) is 0 Å². The summed E-state index contributed by atoms with van der Waals surface area (Å²) in [5, 5.41) is 0. The van der Waals surface area contributed by atoms with Crippen LogP contribution >= 0.6 is 0 Å². The second kappa shape index (κ2) is 8.52. The van der Waals surface area contributed by atoms with Crippen LogP contribution in [0.15, 0.2) is 30.3 Å². The van der Waals surface area contributed by atoms with Gasteiger partial charge in [0, 0.05) is 0 Å². The van der Waals surface area contributed by atoms with Crippen molar-refractivity contribution in [2.45, 2.75) is 48.6 Å². The fourth-order valence-electron chi connectivity index (χ4n) is 2.56. The molecule has 1 aromatic rings. The van der Waals surface area contributed by atoms with E-state index in [9.17, 15) is 35.9 Å². The Bertz CT molecular complexity index is 625. The Morgan fingerprint density at radius 3 is 1.70 bits per heavy atom. The van der Waals surface area contributed by atoms with Gasteiger partial charge in [0.2, 0.25) is 0 Å². The van der Waals surface area contributed by atoms with Crippen molar-refractivity contribution in [1.29, 1.82) is 0 Å². The molecule has 1 saturated carbocycles. The fourth-order valence-corrected chi connectivity index (χ4v) is 5.32. The van der Waals surface area contributed by atoms with E-state index in [1.54, 1.807) is 30.3 Å². The van der Waals surface area contributed by atoms with Crippen molar-refractivity contribution in [1.82, 2.24) is 0 Å². The molecular formula is C16H14F6O4Se. The van der Waals surface area contributed by atoms with Gasteiger partial charge < -0.3 is 0 Å². The van der Waals surface area contributed by atoms with Gasteiger partial charge in [-0.3, -0.25) is 0 Å². The zero-order valence-electron chi connectivity index (χ0n) is 13.5. The van der Waals surface area contributed by atoms with Crippen molar-refractivity contribution >= 4 is 31.4 Å². The number of carbonyl (C=O) groups excluding carboxylic acids is 2. The van der Waals surface area contributed by atoms with Crippen molar-refractivity contribution in [2.24, 2.45) is 0 Å². The quantitative estimate of drug-likeness (QED) is 0.392. The molecule has 1 aromatic carbocycles. The summed E-state index contributed by atoms with van der Waals surface area (Å²) in [6.07, 6.45) is -12.8. The molecule has 4 nitrogen and oxygen atoms in total. The molecule has 150 valence electrons. The molecule has 0 bridgehead atoms. The topological polar surface area (TPSA) is 52.6 Å². The van der Waals surface area contributed by atoms with Crippen LogP contribution in [0.3, 0.4) is 0 Å². The molecule has 0 aliphatic heterocycles. The van der Waals surface area contributed by atoms with Crippen LogP contribution in [0.1, 0.15) is 19.3 Å². The van der Waals surface area contributed by atoms with Gasteiger partial charge in [0.1, 0.15) is 0 Å². The van der Waals surface area contributed by atoms with Gasteiger partial charge in [-0.05, 0) is 0 Å². The molecule has 1 unspecified atom stereocenters. The van der Waals surface area contributed by atoms with Crippen LogP contribution in [0.25, 0.3) is 0 Å². The van der Waals surface area contributed by atoms with Gasteiger partial charge in [-0.1, -0.05) is 0 Å². The van der Waals surface area contributed by atoms with Gasteiger partial charge in [-0.25, -0.2) is 0 Å². The van der Waals surface area contributed by atoms with Crippen LogP contribution in [0, 0.1) is 0 Å². The van der Waals surface area contributed by atoms with Crippen molar-refractivity contribution in [3.8, 4) is 0 Å². The number of esters is 2. The zero-order valence-corrected chi connectivity index (χ0v) is 15.3.